The van der Waals surface area contributed by atoms with Crippen molar-refractivity contribution in [2.45, 2.75) is 13.8 Å². The average molecular weight is 255 g/mol. The number of nitrogens with zero attached hydrogens (tertiary/aromatic N) is 1. The zero-order chi connectivity index (χ0) is 13.6. The van der Waals surface area contributed by atoms with E-state index in [0.29, 0.717) is 5.69 Å². The van der Waals surface area contributed by atoms with Crippen molar-refractivity contribution < 1.29 is 9.90 Å². The van der Waals surface area contributed by atoms with Crippen molar-refractivity contribution in [1.29, 1.82) is 0 Å². The molecular weight excluding hydrogens is 242 g/mol. The summed E-state index contributed by atoms with van der Waals surface area (Å²) in [5, 5.41) is 16.6. The van der Waals surface area contributed by atoms with E-state index in [1.807, 2.05) is 26.0 Å². The number of nitrogens with one attached hydrogen (secondary N) is 2. The maximum Gasteiger partial charge on any atom is 0.353 e. The molecule has 3 aromatic rings. The van der Waals surface area contributed by atoms with E-state index in [1.54, 1.807) is 6.07 Å². The fourth-order valence-electron chi connectivity index (χ4n) is 2.34. The molecule has 96 valence electrons. The third kappa shape index (κ3) is 1.79. The second-order valence-electron chi connectivity index (χ2n) is 4.65. The Balaban J connectivity index is 2.23. The van der Waals surface area contributed by atoms with Gasteiger partial charge in [-0.05, 0) is 31.5 Å². The van der Waals surface area contributed by atoms with E-state index in [-0.39, 0.29) is 5.69 Å². The number of rotatable bonds is 2. The Hall–Kier alpha value is -2.56. The molecule has 0 saturated carbocycles. The molecule has 2 aromatic heterocycles. The SMILES string of the molecule is Cc1ccc2c(-c3cc(C(=O)O)[nH]n3)c(C)[nH]c2c1. The summed E-state index contributed by atoms with van der Waals surface area (Å²) in [7, 11) is 0. The highest BCUT2D eigenvalue weighted by atomic mass is 16.4. The third-order valence-electron chi connectivity index (χ3n) is 3.21. The van der Waals surface area contributed by atoms with Crippen molar-refractivity contribution in [3.8, 4) is 11.3 Å². The number of aromatic nitrogens is 3. The smallest absolute Gasteiger partial charge is 0.353 e. The number of benzene rings is 1. The molecule has 0 saturated heterocycles. The Bertz CT molecular complexity index is 783. The molecule has 0 radical (unpaired) electrons. The van der Waals surface area contributed by atoms with Gasteiger partial charge in [0.25, 0.3) is 0 Å². The monoisotopic (exact) mass is 255 g/mol. The van der Waals surface area contributed by atoms with Crippen molar-refractivity contribution in [3.05, 3.63) is 41.2 Å². The topological polar surface area (TPSA) is 81.8 Å². The van der Waals surface area contributed by atoms with Gasteiger partial charge in [-0.1, -0.05) is 12.1 Å². The first-order chi connectivity index (χ1) is 9.06. The number of hydrogen-bond acceptors (Lipinski definition) is 2. The normalized spacial score (nSPS) is 11.1. The maximum atomic E-state index is 10.9. The van der Waals surface area contributed by atoms with E-state index in [2.05, 4.69) is 21.2 Å². The van der Waals surface area contributed by atoms with Crippen LogP contribution < -0.4 is 0 Å². The van der Waals surface area contributed by atoms with Crippen LogP contribution in [-0.2, 0) is 0 Å². The lowest BCUT2D eigenvalue weighted by Crippen LogP contribution is -1.95. The van der Waals surface area contributed by atoms with Crippen LogP contribution in [0.25, 0.3) is 22.2 Å². The van der Waals surface area contributed by atoms with Gasteiger partial charge in [-0.3, -0.25) is 5.10 Å². The van der Waals surface area contributed by atoms with Gasteiger partial charge >= 0.3 is 5.97 Å². The van der Waals surface area contributed by atoms with Crippen LogP contribution in [0.1, 0.15) is 21.7 Å². The number of aromatic amines is 2. The summed E-state index contributed by atoms with van der Waals surface area (Å²) in [5.74, 6) is -1.01. The van der Waals surface area contributed by atoms with Gasteiger partial charge in [0, 0.05) is 22.2 Å². The number of carboxylic acid groups (broad SMARTS) is 1. The molecule has 2 heterocycles. The van der Waals surface area contributed by atoms with Crippen LogP contribution in [0, 0.1) is 13.8 Å². The molecule has 0 amide bonds. The summed E-state index contributed by atoms with van der Waals surface area (Å²) in [6.07, 6.45) is 0. The van der Waals surface area contributed by atoms with Gasteiger partial charge in [-0.25, -0.2) is 4.79 Å². The third-order valence-corrected chi connectivity index (χ3v) is 3.21. The maximum absolute atomic E-state index is 10.9. The van der Waals surface area contributed by atoms with Crippen molar-refractivity contribution in [2.24, 2.45) is 0 Å². The summed E-state index contributed by atoms with van der Waals surface area (Å²) < 4.78 is 0. The first-order valence-electron chi connectivity index (χ1n) is 5.94. The molecule has 5 heteroatoms. The highest BCUT2D eigenvalue weighted by Gasteiger charge is 2.15. The highest BCUT2D eigenvalue weighted by molar-refractivity contribution is 5.98. The molecule has 3 rings (SSSR count). The zero-order valence-corrected chi connectivity index (χ0v) is 10.6. The van der Waals surface area contributed by atoms with Crippen LogP contribution >= 0.6 is 0 Å². The molecule has 0 fully saturated rings. The molecule has 0 spiro atoms. The van der Waals surface area contributed by atoms with Crippen molar-refractivity contribution >= 4 is 16.9 Å². The predicted octanol–water partition coefficient (Wildman–Crippen LogP) is 2.87. The lowest BCUT2D eigenvalue weighted by atomic mass is 10.1. The van der Waals surface area contributed by atoms with Crippen LogP contribution in [0.2, 0.25) is 0 Å². The van der Waals surface area contributed by atoms with Crippen LogP contribution in [0.3, 0.4) is 0 Å². The van der Waals surface area contributed by atoms with Crippen molar-refractivity contribution in [2.75, 3.05) is 0 Å². The van der Waals surface area contributed by atoms with E-state index in [9.17, 15) is 4.79 Å². The van der Waals surface area contributed by atoms with Gasteiger partial charge in [-0.15, -0.1) is 0 Å². The Morgan fingerprint density at radius 2 is 2.05 bits per heavy atom. The van der Waals surface area contributed by atoms with Crippen molar-refractivity contribution in [1.82, 2.24) is 15.2 Å². The number of hydrogen-bond donors (Lipinski definition) is 3. The van der Waals surface area contributed by atoms with Crippen LogP contribution in [0.4, 0.5) is 0 Å². The highest BCUT2D eigenvalue weighted by Crippen LogP contribution is 2.31. The zero-order valence-electron chi connectivity index (χ0n) is 10.6. The second-order valence-corrected chi connectivity index (χ2v) is 4.65. The fraction of sp³-hybridized carbons (Fsp3) is 0.143. The number of H-pyrrole nitrogens is 2. The number of aryl methyl sites for hydroxylation is 2. The molecule has 0 bridgehead atoms. The summed E-state index contributed by atoms with van der Waals surface area (Å²) in [5.41, 5.74) is 4.87. The minimum atomic E-state index is -1.01. The van der Waals surface area contributed by atoms with Crippen LogP contribution in [-0.4, -0.2) is 26.3 Å². The van der Waals surface area contributed by atoms with E-state index in [1.165, 1.54) is 5.56 Å². The quantitative estimate of drug-likeness (QED) is 0.658. The fourth-order valence-corrected chi connectivity index (χ4v) is 2.34. The standard InChI is InChI=1S/C14H13N3O2/c1-7-3-4-9-10(5-7)15-8(2)13(9)11-6-12(14(18)19)17-16-11/h3-6,15H,1-2H3,(H,16,17)(H,18,19). The molecule has 19 heavy (non-hydrogen) atoms. The Kier molecular flexibility index (Phi) is 2.41. The van der Waals surface area contributed by atoms with E-state index in [4.69, 9.17) is 5.11 Å². The lowest BCUT2D eigenvalue weighted by molar-refractivity contribution is 0.0690. The first kappa shape index (κ1) is 11.5. The van der Waals surface area contributed by atoms with Crippen LogP contribution in [0.15, 0.2) is 24.3 Å². The number of carboxylic acids is 1. The van der Waals surface area contributed by atoms with Gasteiger partial charge in [0.05, 0.1) is 5.69 Å². The number of carbonyl (C=O) groups is 1. The number of fused-ring (bicyclic) bond motifs is 1. The van der Waals surface area contributed by atoms with Crippen LogP contribution in [0.5, 0.6) is 0 Å². The van der Waals surface area contributed by atoms with Gasteiger partial charge in [-0.2, -0.15) is 5.10 Å². The van der Waals surface area contributed by atoms with E-state index in [0.717, 1.165) is 22.2 Å². The molecule has 1 aromatic carbocycles. The molecule has 0 unspecified atom stereocenters. The molecular formula is C14H13N3O2. The van der Waals surface area contributed by atoms with Gasteiger partial charge in [0.15, 0.2) is 0 Å². The summed E-state index contributed by atoms with van der Waals surface area (Å²) in [4.78, 5) is 14.2. The first-order valence-corrected chi connectivity index (χ1v) is 5.94. The largest absolute Gasteiger partial charge is 0.477 e. The average Bonchev–Trinajstić information content (AvgIpc) is 2.91. The molecule has 0 aliphatic rings. The molecule has 0 atom stereocenters. The lowest BCUT2D eigenvalue weighted by Gasteiger charge is -1.96. The summed E-state index contributed by atoms with van der Waals surface area (Å²) >= 11 is 0. The van der Waals surface area contributed by atoms with Gasteiger partial charge in [0.2, 0.25) is 0 Å². The minimum absolute atomic E-state index is 0.0934. The Morgan fingerprint density at radius 3 is 2.74 bits per heavy atom. The molecule has 0 aliphatic heterocycles. The summed E-state index contributed by atoms with van der Waals surface area (Å²) in [6, 6.07) is 7.68. The Morgan fingerprint density at radius 1 is 1.26 bits per heavy atom. The second kappa shape index (κ2) is 3.98. The molecule has 0 aliphatic carbocycles. The Labute approximate surface area is 109 Å². The van der Waals surface area contributed by atoms with Gasteiger partial charge < -0.3 is 10.1 Å². The predicted molar refractivity (Wildman–Crippen MR) is 72.3 cm³/mol. The molecule has 5 nitrogen and oxygen atoms in total. The van der Waals surface area contributed by atoms with E-state index < -0.39 is 5.97 Å². The summed E-state index contributed by atoms with van der Waals surface area (Å²) in [6.45, 7) is 3.99. The van der Waals surface area contributed by atoms with Gasteiger partial charge in [0.1, 0.15) is 5.69 Å². The van der Waals surface area contributed by atoms with Crippen molar-refractivity contribution in [3.63, 3.8) is 0 Å². The molecule has 3 N–H and O–H groups in total. The van der Waals surface area contributed by atoms with E-state index >= 15 is 0 Å². The number of aromatic carboxylic acids is 1. The minimum Gasteiger partial charge on any atom is -0.477 e.